The number of nitrogens with one attached hydrogen (secondary N) is 1. The summed E-state index contributed by atoms with van der Waals surface area (Å²) < 4.78 is 40.6. The zero-order valence-electron chi connectivity index (χ0n) is 15.2. The number of hydrogen-bond acceptors (Lipinski definition) is 3. The smallest absolute Gasteiger partial charge is 0.319 e. The first-order valence-corrected chi connectivity index (χ1v) is 8.70. The van der Waals surface area contributed by atoms with Crippen LogP contribution in [0.25, 0.3) is 22.2 Å². The number of rotatable bonds is 3. The van der Waals surface area contributed by atoms with Crippen LogP contribution in [0, 0.1) is 0 Å². The van der Waals surface area contributed by atoms with E-state index in [0.717, 1.165) is 17.5 Å². The SMILES string of the molecule is Cn1ccc(C(=O)Nc2cccc3ccc(-c4cccc(C(F)(F)F)c4)nc23)n1. The predicted molar refractivity (Wildman–Crippen MR) is 103 cm³/mol. The molecule has 0 atom stereocenters. The second kappa shape index (κ2) is 7.05. The highest BCUT2D eigenvalue weighted by molar-refractivity contribution is 6.07. The molecule has 0 aliphatic rings. The molecule has 0 fully saturated rings. The fraction of sp³-hybridized carbons (Fsp3) is 0.0952. The lowest BCUT2D eigenvalue weighted by atomic mass is 10.1. The van der Waals surface area contributed by atoms with Gasteiger partial charge in [-0.15, -0.1) is 0 Å². The van der Waals surface area contributed by atoms with Gasteiger partial charge in [0.25, 0.3) is 5.91 Å². The zero-order chi connectivity index (χ0) is 20.6. The molecule has 2 aromatic heterocycles. The van der Waals surface area contributed by atoms with E-state index in [0.29, 0.717) is 22.5 Å². The average Bonchev–Trinajstić information content (AvgIpc) is 3.14. The van der Waals surface area contributed by atoms with Crippen LogP contribution in [-0.4, -0.2) is 20.7 Å². The highest BCUT2D eigenvalue weighted by Crippen LogP contribution is 2.32. The van der Waals surface area contributed by atoms with Crippen molar-refractivity contribution in [3.63, 3.8) is 0 Å². The van der Waals surface area contributed by atoms with Crippen molar-refractivity contribution in [2.24, 2.45) is 7.05 Å². The Hall–Kier alpha value is -3.68. The molecule has 29 heavy (non-hydrogen) atoms. The van der Waals surface area contributed by atoms with Crippen LogP contribution in [0.5, 0.6) is 0 Å². The third-order valence-electron chi connectivity index (χ3n) is 4.40. The van der Waals surface area contributed by atoms with Crippen LogP contribution in [0.15, 0.2) is 66.9 Å². The average molecular weight is 396 g/mol. The third-order valence-corrected chi connectivity index (χ3v) is 4.40. The molecular weight excluding hydrogens is 381 g/mol. The summed E-state index contributed by atoms with van der Waals surface area (Å²) in [6.45, 7) is 0. The number of halogens is 3. The molecule has 1 N–H and O–H groups in total. The summed E-state index contributed by atoms with van der Waals surface area (Å²) in [6, 6.07) is 15.3. The molecule has 0 saturated heterocycles. The van der Waals surface area contributed by atoms with E-state index in [1.165, 1.54) is 10.7 Å². The molecule has 0 radical (unpaired) electrons. The van der Waals surface area contributed by atoms with Crippen molar-refractivity contribution in [1.29, 1.82) is 0 Å². The van der Waals surface area contributed by atoms with Gasteiger partial charge < -0.3 is 5.32 Å². The van der Waals surface area contributed by atoms with Gasteiger partial charge in [0, 0.05) is 24.2 Å². The van der Waals surface area contributed by atoms with Gasteiger partial charge in [0.1, 0.15) is 0 Å². The number of aryl methyl sites for hydroxylation is 1. The molecule has 0 spiro atoms. The summed E-state index contributed by atoms with van der Waals surface area (Å²) in [7, 11) is 1.71. The summed E-state index contributed by atoms with van der Waals surface area (Å²) in [6.07, 6.45) is -2.78. The van der Waals surface area contributed by atoms with Crippen molar-refractivity contribution in [2.45, 2.75) is 6.18 Å². The number of carbonyl (C=O) groups excluding carboxylic acids is 1. The van der Waals surface area contributed by atoms with E-state index >= 15 is 0 Å². The van der Waals surface area contributed by atoms with E-state index in [9.17, 15) is 18.0 Å². The van der Waals surface area contributed by atoms with E-state index in [4.69, 9.17) is 0 Å². The van der Waals surface area contributed by atoms with Crippen LogP contribution in [0.2, 0.25) is 0 Å². The molecule has 8 heteroatoms. The molecule has 1 amide bonds. The number of para-hydroxylation sites is 1. The van der Waals surface area contributed by atoms with E-state index < -0.39 is 17.6 Å². The number of nitrogens with zero attached hydrogens (tertiary/aromatic N) is 3. The number of fused-ring (bicyclic) bond motifs is 1. The number of hydrogen-bond donors (Lipinski definition) is 1. The summed E-state index contributed by atoms with van der Waals surface area (Å²) in [5, 5.41) is 7.58. The lowest BCUT2D eigenvalue weighted by molar-refractivity contribution is -0.137. The molecule has 0 aliphatic carbocycles. The van der Waals surface area contributed by atoms with E-state index in [1.54, 1.807) is 49.6 Å². The molecule has 0 bridgehead atoms. The fourth-order valence-electron chi connectivity index (χ4n) is 2.99. The molecule has 4 rings (SSSR count). The maximum atomic E-state index is 13.0. The van der Waals surface area contributed by atoms with Crippen LogP contribution in [0.1, 0.15) is 16.1 Å². The minimum absolute atomic E-state index is 0.249. The van der Waals surface area contributed by atoms with Crippen molar-refractivity contribution in [2.75, 3.05) is 5.32 Å². The third kappa shape index (κ3) is 3.82. The highest BCUT2D eigenvalue weighted by atomic mass is 19.4. The Morgan fingerprint density at radius 3 is 2.55 bits per heavy atom. The number of aromatic nitrogens is 3. The molecule has 0 saturated carbocycles. The number of anilines is 1. The molecule has 0 aliphatic heterocycles. The van der Waals surface area contributed by atoms with E-state index in [1.807, 2.05) is 6.07 Å². The maximum Gasteiger partial charge on any atom is 0.416 e. The first-order chi connectivity index (χ1) is 13.8. The molecule has 2 aromatic carbocycles. The first-order valence-electron chi connectivity index (χ1n) is 8.70. The van der Waals surface area contributed by atoms with Crippen LogP contribution >= 0.6 is 0 Å². The van der Waals surface area contributed by atoms with Gasteiger partial charge in [0.2, 0.25) is 0 Å². The molecule has 2 heterocycles. The Morgan fingerprint density at radius 1 is 1.03 bits per heavy atom. The van der Waals surface area contributed by atoms with Gasteiger partial charge in [0.05, 0.1) is 22.5 Å². The summed E-state index contributed by atoms with van der Waals surface area (Å²) >= 11 is 0. The largest absolute Gasteiger partial charge is 0.416 e. The normalized spacial score (nSPS) is 11.6. The summed E-state index contributed by atoms with van der Waals surface area (Å²) in [5.41, 5.74) is 1.15. The number of carbonyl (C=O) groups is 1. The van der Waals surface area contributed by atoms with Crippen molar-refractivity contribution < 1.29 is 18.0 Å². The predicted octanol–water partition coefficient (Wildman–Crippen LogP) is 4.91. The minimum atomic E-state index is -4.44. The van der Waals surface area contributed by atoms with Crippen molar-refractivity contribution in [3.8, 4) is 11.3 Å². The van der Waals surface area contributed by atoms with Crippen LogP contribution in [-0.2, 0) is 13.2 Å². The quantitative estimate of drug-likeness (QED) is 0.536. The van der Waals surface area contributed by atoms with Crippen LogP contribution in [0.4, 0.5) is 18.9 Å². The van der Waals surface area contributed by atoms with Crippen molar-refractivity contribution in [3.05, 3.63) is 78.1 Å². The number of pyridine rings is 1. The van der Waals surface area contributed by atoms with Gasteiger partial charge in [-0.2, -0.15) is 18.3 Å². The van der Waals surface area contributed by atoms with Gasteiger partial charge in [-0.05, 0) is 30.3 Å². The Bertz CT molecular complexity index is 1210. The molecular formula is C21H15F3N4O. The monoisotopic (exact) mass is 396 g/mol. The summed E-state index contributed by atoms with van der Waals surface area (Å²) in [4.78, 5) is 17.0. The molecule has 0 unspecified atom stereocenters. The van der Waals surface area contributed by atoms with Crippen LogP contribution < -0.4 is 5.32 Å². The number of benzene rings is 2. The topological polar surface area (TPSA) is 59.8 Å². The Kier molecular flexibility index (Phi) is 4.54. The standard InChI is InChI=1S/C21H15F3N4O/c1-28-11-10-18(27-28)20(29)26-17-7-3-4-13-8-9-16(25-19(13)17)14-5-2-6-15(12-14)21(22,23)24/h2-12H,1H3,(H,26,29). The highest BCUT2D eigenvalue weighted by Gasteiger charge is 2.30. The van der Waals surface area contributed by atoms with Gasteiger partial charge in [-0.1, -0.05) is 30.3 Å². The van der Waals surface area contributed by atoms with Crippen molar-refractivity contribution in [1.82, 2.24) is 14.8 Å². The first kappa shape index (κ1) is 18.7. The lowest BCUT2D eigenvalue weighted by Crippen LogP contribution is -2.13. The second-order valence-electron chi connectivity index (χ2n) is 6.48. The zero-order valence-corrected chi connectivity index (χ0v) is 15.2. The Morgan fingerprint density at radius 2 is 1.83 bits per heavy atom. The van der Waals surface area contributed by atoms with E-state index in [-0.39, 0.29) is 5.69 Å². The summed E-state index contributed by atoms with van der Waals surface area (Å²) in [5.74, 6) is -0.399. The van der Waals surface area contributed by atoms with Gasteiger partial charge >= 0.3 is 6.18 Å². The van der Waals surface area contributed by atoms with Gasteiger partial charge in [-0.3, -0.25) is 9.48 Å². The van der Waals surface area contributed by atoms with E-state index in [2.05, 4.69) is 15.4 Å². The van der Waals surface area contributed by atoms with Gasteiger partial charge in [-0.25, -0.2) is 4.98 Å². The second-order valence-corrected chi connectivity index (χ2v) is 6.48. The maximum absolute atomic E-state index is 13.0. The Balaban J connectivity index is 1.74. The fourth-order valence-corrected chi connectivity index (χ4v) is 2.99. The number of amides is 1. The molecule has 5 nitrogen and oxygen atoms in total. The Labute approximate surface area is 163 Å². The van der Waals surface area contributed by atoms with Crippen molar-refractivity contribution >= 4 is 22.5 Å². The lowest BCUT2D eigenvalue weighted by Gasteiger charge is -2.11. The molecule has 146 valence electrons. The van der Waals surface area contributed by atoms with Crippen LogP contribution in [0.3, 0.4) is 0 Å². The number of alkyl halides is 3. The molecule has 4 aromatic rings. The van der Waals surface area contributed by atoms with Gasteiger partial charge in [0.15, 0.2) is 5.69 Å². The minimum Gasteiger partial charge on any atom is -0.319 e.